The Hall–Kier alpha value is -3.32. The number of amides is 1. The molecule has 0 aliphatic carbocycles. The highest BCUT2D eigenvalue weighted by atomic mass is 32.1. The maximum atomic E-state index is 13.7. The van der Waals surface area contributed by atoms with Crippen molar-refractivity contribution in [3.8, 4) is 0 Å². The lowest BCUT2D eigenvalue weighted by Crippen LogP contribution is -2.29. The molecule has 7 heteroatoms. The fourth-order valence-corrected chi connectivity index (χ4v) is 4.11. The molecule has 29 heavy (non-hydrogen) atoms. The maximum absolute atomic E-state index is 13.7. The van der Waals surface area contributed by atoms with Crippen molar-refractivity contribution < 1.29 is 19.1 Å². The number of halogens is 1. The van der Waals surface area contributed by atoms with E-state index >= 15 is 0 Å². The van der Waals surface area contributed by atoms with Crippen molar-refractivity contribution in [2.45, 2.75) is 19.5 Å². The predicted octanol–water partition coefficient (Wildman–Crippen LogP) is 4.21. The van der Waals surface area contributed by atoms with Crippen LogP contribution in [0.1, 0.15) is 27.7 Å². The molecule has 146 valence electrons. The Labute approximate surface area is 170 Å². The van der Waals surface area contributed by atoms with E-state index in [2.05, 4.69) is 4.98 Å². The molecule has 5 nitrogen and oxygen atoms in total. The molecule has 1 atom stereocenters. The molecule has 4 rings (SSSR count). The monoisotopic (exact) mass is 408 g/mol. The number of carbonyl (C=O) groups is 2. The molecule has 2 aromatic heterocycles. The standard InChI is InChI=1S/C22H17FN2O3S/c1-13-11-14(7-8-16(13)23)20(26)18-19(17-6-2-3-9-24-17)25(22(28)21(18)27)12-15-5-4-10-29-15/h2-11,19,26H,12H2,1H3/b20-18-. The fourth-order valence-electron chi connectivity index (χ4n) is 3.41. The van der Waals surface area contributed by atoms with Crippen LogP contribution in [0.4, 0.5) is 4.39 Å². The molecule has 1 N–H and O–H groups in total. The summed E-state index contributed by atoms with van der Waals surface area (Å²) in [5.74, 6) is -2.23. The molecule has 3 aromatic rings. The molecule has 0 saturated carbocycles. The Morgan fingerprint density at radius 2 is 2.03 bits per heavy atom. The number of ketones is 1. The zero-order valence-electron chi connectivity index (χ0n) is 15.5. The van der Waals surface area contributed by atoms with Gasteiger partial charge < -0.3 is 10.0 Å². The summed E-state index contributed by atoms with van der Waals surface area (Å²) in [5.41, 5.74) is 1.04. The number of rotatable bonds is 4. The quantitative estimate of drug-likeness (QED) is 0.399. The SMILES string of the molecule is Cc1cc(/C(O)=C2/C(=O)C(=O)N(Cc3cccs3)C2c2ccccn2)ccc1F. The van der Waals surface area contributed by atoms with E-state index in [4.69, 9.17) is 0 Å². The van der Waals surface area contributed by atoms with Gasteiger partial charge in [0.05, 0.1) is 17.8 Å². The molecule has 1 unspecified atom stereocenters. The van der Waals surface area contributed by atoms with Gasteiger partial charge in [0.2, 0.25) is 0 Å². The minimum absolute atomic E-state index is 0.0451. The zero-order valence-corrected chi connectivity index (χ0v) is 16.3. The zero-order chi connectivity index (χ0) is 20.5. The van der Waals surface area contributed by atoms with Crippen LogP contribution in [0.5, 0.6) is 0 Å². The Bertz CT molecular complexity index is 1110. The number of aryl methyl sites for hydroxylation is 1. The molecule has 1 amide bonds. The molecule has 0 spiro atoms. The summed E-state index contributed by atoms with van der Waals surface area (Å²) >= 11 is 1.47. The molecular formula is C22H17FN2O3S. The highest BCUT2D eigenvalue weighted by Gasteiger charge is 2.46. The van der Waals surface area contributed by atoms with Gasteiger partial charge in [-0.25, -0.2) is 4.39 Å². The largest absolute Gasteiger partial charge is 0.507 e. The third-order valence-electron chi connectivity index (χ3n) is 4.85. The molecule has 1 aromatic carbocycles. The second-order valence-corrected chi connectivity index (χ2v) is 7.76. The maximum Gasteiger partial charge on any atom is 0.296 e. The van der Waals surface area contributed by atoms with Crippen LogP contribution in [0.3, 0.4) is 0 Å². The molecular weight excluding hydrogens is 391 g/mol. The lowest BCUT2D eigenvalue weighted by Gasteiger charge is -2.24. The normalized spacial score (nSPS) is 18.4. The first-order valence-electron chi connectivity index (χ1n) is 8.95. The molecule has 1 aliphatic heterocycles. The number of carbonyl (C=O) groups excluding carboxylic acids is 2. The highest BCUT2D eigenvalue weighted by molar-refractivity contribution is 7.09. The summed E-state index contributed by atoms with van der Waals surface area (Å²) < 4.78 is 13.7. The predicted molar refractivity (Wildman–Crippen MR) is 108 cm³/mol. The van der Waals surface area contributed by atoms with Gasteiger partial charge in [0.25, 0.3) is 11.7 Å². The van der Waals surface area contributed by atoms with Crippen molar-refractivity contribution in [2.24, 2.45) is 0 Å². The van der Waals surface area contributed by atoms with E-state index in [1.54, 1.807) is 31.3 Å². The second-order valence-electron chi connectivity index (χ2n) is 6.72. The molecule has 1 fully saturated rings. The Morgan fingerprint density at radius 1 is 1.21 bits per heavy atom. The van der Waals surface area contributed by atoms with Gasteiger partial charge >= 0.3 is 0 Å². The number of Topliss-reactive ketones (excluding diaryl/α,β-unsaturated/α-hetero) is 1. The fraction of sp³-hybridized carbons (Fsp3) is 0.136. The summed E-state index contributed by atoms with van der Waals surface area (Å²) in [4.78, 5) is 32.4. The first-order valence-corrected chi connectivity index (χ1v) is 9.83. The number of pyridine rings is 1. The first-order chi connectivity index (χ1) is 14.0. The van der Waals surface area contributed by atoms with Crippen molar-refractivity contribution in [2.75, 3.05) is 0 Å². The minimum Gasteiger partial charge on any atom is -0.507 e. The summed E-state index contributed by atoms with van der Waals surface area (Å²) in [6.07, 6.45) is 1.57. The van der Waals surface area contributed by atoms with E-state index in [1.165, 1.54) is 34.4 Å². The molecule has 1 aliphatic rings. The van der Waals surface area contributed by atoms with Crippen molar-refractivity contribution in [1.82, 2.24) is 9.88 Å². The molecule has 0 radical (unpaired) electrons. The number of benzene rings is 1. The summed E-state index contributed by atoms with van der Waals surface area (Å²) in [7, 11) is 0. The van der Waals surface area contributed by atoms with Gasteiger partial charge in [-0.1, -0.05) is 12.1 Å². The van der Waals surface area contributed by atoms with Gasteiger partial charge in [-0.05, 0) is 54.3 Å². The lowest BCUT2D eigenvalue weighted by atomic mass is 9.97. The number of thiophene rings is 1. The number of aliphatic hydroxyl groups is 1. The van der Waals surface area contributed by atoms with Gasteiger partial charge in [-0.3, -0.25) is 14.6 Å². The molecule has 1 saturated heterocycles. The first kappa shape index (κ1) is 19.0. The third-order valence-corrected chi connectivity index (χ3v) is 5.71. The number of nitrogens with zero attached hydrogens (tertiary/aromatic N) is 2. The molecule has 0 bridgehead atoms. The van der Waals surface area contributed by atoms with Crippen molar-refractivity contribution in [1.29, 1.82) is 0 Å². The van der Waals surface area contributed by atoms with Crippen LogP contribution < -0.4 is 0 Å². The number of aromatic nitrogens is 1. The van der Waals surface area contributed by atoms with Crippen molar-refractivity contribution in [3.05, 3.63) is 93.2 Å². The smallest absolute Gasteiger partial charge is 0.296 e. The van der Waals surface area contributed by atoms with Crippen LogP contribution in [-0.4, -0.2) is 26.7 Å². The highest BCUT2D eigenvalue weighted by Crippen LogP contribution is 2.39. The van der Waals surface area contributed by atoms with E-state index in [-0.39, 0.29) is 23.4 Å². The topological polar surface area (TPSA) is 70.5 Å². The van der Waals surface area contributed by atoms with E-state index in [0.717, 1.165) is 4.88 Å². The van der Waals surface area contributed by atoms with Gasteiger partial charge in [0.1, 0.15) is 17.6 Å². The average molecular weight is 408 g/mol. The van der Waals surface area contributed by atoms with Gasteiger partial charge in [-0.15, -0.1) is 11.3 Å². The van der Waals surface area contributed by atoms with E-state index < -0.39 is 23.5 Å². The van der Waals surface area contributed by atoms with E-state index in [0.29, 0.717) is 11.3 Å². The van der Waals surface area contributed by atoms with Crippen LogP contribution >= 0.6 is 11.3 Å². The second kappa shape index (κ2) is 7.60. The van der Waals surface area contributed by atoms with E-state index in [9.17, 15) is 19.1 Å². The van der Waals surface area contributed by atoms with Crippen molar-refractivity contribution >= 4 is 28.8 Å². The van der Waals surface area contributed by atoms with Crippen LogP contribution in [0.15, 0.2) is 65.7 Å². The number of hydrogen-bond donors (Lipinski definition) is 1. The summed E-state index contributed by atoms with van der Waals surface area (Å²) in [6, 6.07) is 12.2. The van der Waals surface area contributed by atoms with Crippen LogP contribution in [-0.2, 0) is 16.1 Å². The van der Waals surface area contributed by atoms with Gasteiger partial charge in [0.15, 0.2) is 0 Å². The summed E-state index contributed by atoms with van der Waals surface area (Å²) in [6.45, 7) is 1.79. The Balaban J connectivity index is 1.87. The van der Waals surface area contributed by atoms with Gasteiger partial charge in [-0.2, -0.15) is 0 Å². The number of hydrogen-bond acceptors (Lipinski definition) is 5. The lowest BCUT2D eigenvalue weighted by molar-refractivity contribution is -0.140. The van der Waals surface area contributed by atoms with Crippen LogP contribution in [0, 0.1) is 12.7 Å². The molecule has 3 heterocycles. The average Bonchev–Trinajstić information content (AvgIpc) is 3.32. The van der Waals surface area contributed by atoms with Crippen LogP contribution in [0.2, 0.25) is 0 Å². The van der Waals surface area contributed by atoms with Crippen LogP contribution in [0.25, 0.3) is 5.76 Å². The number of likely N-dealkylation sites (tertiary alicyclic amines) is 1. The third kappa shape index (κ3) is 3.45. The Morgan fingerprint density at radius 3 is 2.69 bits per heavy atom. The summed E-state index contributed by atoms with van der Waals surface area (Å²) in [5, 5.41) is 12.8. The Kier molecular flexibility index (Phi) is 4.98. The number of aliphatic hydroxyl groups excluding tert-OH is 1. The van der Waals surface area contributed by atoms with Gasteiger partial charge in [0, 0.05) is 16.6 Å². The van der Waals surface area contributed by atoms with Crippen molar-refractivity contribution in [3.63, 3.8) is 0 Å². The van der Waals surface area contributed by atoms with E-state index in [1.807, 2.05) is 17.5 Å². The minimum atomic E-state index is -0.830.